The quantitative estimate of drug-likeness (QED) is 0.469. The van der Waals surface area contributed by atoms with Crippen molar-refractivity contribution in [1.29, 1.82) is 0 Å². The smallest absolute Gasteiger partial charge is 0.223 e. The first-order valence-corrected chi connectivity index (χ1v) is 5.45. The van der Waals surface area contributed by atoms with Gasteiger partial charge in [-0.2, -0.15) is 0 Å². The summed E-state index contributed by atoms with van der Waals surface area (Å²) in [6, 6.07) is 0. The Morgan fingerprint density at radius 1 is 1.47 bits per heavy atom. The van der Waals surface area contributed by atoms with Gasteiger partial charge in [0.15, 0.2) is 0 Å². The lowest BCUT2D eigenvalue weighted by molar-refractivity contribution is -0.128. The lowest BCUT2D eigenvalue weighted by Crippen LogP contribution is -2.40. The number of amides is 2. The van der Waals surface area contributed by atoms with Gasteiger partial charge in [0.05, 0.1) is 0 Å². The van der Waals surface area contributed by atoms with Gasteiger partial charge in [0.2, 0.25) is 12.3 Å². The zero-order valence-electron chi connectivity index (χ0n) is 8.95. The summed E-state index contributed by atoms with van der Waals surface area (Å²) >= 11 is 0. The Hall–Kier alpha value is -1.10. The van der Waals surface area contributed by atoms with E-state index in [0.717, 1.165) is 25.7 Å². The normalized spacial score (nSPS) is 17.5. The number of nitrogens with one attached hydrogen (secondary N) is 1. The van der Waals surface area contributed by atoms with E-state index in [0.29, 0.717) is 26.2 Å². The fourth-order valence-electron chi connectivity index (χ4n) is 1.73. The molecule has 2 amide bonds. The van der Waals surface area contributed by atoms with Gasteiger partial charge >= 0.3 is 0 Å². The van der Waals surface area contributed by atoms with E-state index in [1.807, 2.05) is 0 Å². The van der Waals surface area contributed by atoms with E-state index in [2.05, 4.69) is 5.32 Å². The first-order chi connectivity index (χ1) is 7.27. The maximum absolute atomic E-state index is 11.6. The molecular formula is C10H19N3O2. The standard InChI is InChI=1S/C10H19N3O2/c11-4-1-5-12-10(15)9-2-6-13(8-14)7-3-9/h8-9H,1-7,11H2,(H,12,15). The third-order valence-electron chi connectivity index (χ3n) is 2.73. The number of nitrogens with two attached hydrogens (primary N) is 1. The molecule has 0 unspecified atom stereocenters. The zero-order valence-corrected chi connectivity index (χ0v) is 8.95. The first-order valence-electron chi connectivity index (χ1n) is 5.45. The molecule has 0 aromatic heterocycles. The zero-order chi connectivity index (χ0) is 11.1. The van der Waals surface area contributed by atoms with Crippen LogP contribution < -0.4 is 11.1 Å². The molecule has 1 aliphatic rings. The van der Waals surface area contributed by atoms with E-state index in [1.165, 1.54) is 0 Å². The predicted octanol–water partition coefficient (Wildman–Crippen LogP) is -0.680. The topological polar surface area (TPSA) is 75.4 Å². The SMILES string of the molecule is NCCCNC(=O)C1CCN(C=O)CC1. The summed E-state index contributed by atoms with van der Waals surface area (Å²) in [5, 5.41) is 2.86. The molecule has 1 fully saturated rings. The van der Waals surface area contributed by atoms with Gasteiger partial charge in [0, 0.05) is 25.6 Å². The van der Waals surface area contributed by atoms with Gasteiger partial charge in [-0.15, -0.1) is 0 Å². The van der Waals surface area contributed by atoms with Gasteiger partial charge in [0.1, 0.15) is 0 Å². The van der Waals surface area contributed by atoms with Crippen LogP contribution in [0.4, 0.5) is 0 Å². The van der Waals surface area contributed by atoms with Crippen LogP contribution >= 0.6 is 0 Å². The van der Waals surface area contributed by atoms with Crippen molar-refractivity contribution in [3.05, 3.63) is 0 Å². The van der Waals surface area contributed by atoms with E-state index in [4.69, 9.17) is 5.73 Å². The molecular weight excluding hydrogens is 194 g/mol. The molecule has 0 spiro atoms. The first kappa shape index (κ1) is 12.0. The molecule has 0 aromatic rings. The van der Waals surface area contributed by atoms with Crippen molar-refractivity contribution < 1.29 is 9.59 Å². The van der Waals surface area contributed by atoms with Crippen LogP contribution in [0.15, 0.2) is 0 Å². The third-order valence-corrected chi connectivity index (χ3v) is 2.73. The van der Waals surface area contributed by atoms with Crippen molar-refractivity contribution in [2.24, 2.45) is 11.7 Å². The van der Waals surface area contributed by atoms with Gasteiger partial charge in [-0.25, -0.2) is 0 Å². The molecule has 3 N–H and O–H groups in total. The van der Waals surface area contributed by atoms with Crippen molar-refractivity contribution in [2.45, 2.75) is 19.3 Å². The molecule has 1 rings (SSSR count). The summed E-state index contributed by atoms with van der Waals surface area (Å²) in [4.78, 5) is 23.8. The molecule has 0 atom stereocenters. The van der Waals surface area contributed by atoms with Crippen molar-refractivity contribution in [3.8, 4) is 0 Å². The molecule has 1 aliphatic heterocycles. The molecule has 0 radical (unpaired) electrons. The van der Waals surface area contributed by atoms with Crippen molar-refractivity contribution in [1.82, 2.24) is 10.2 Å². The number of hydrogen-bond acceptors (Lipinski definition) is 3. The number of nitrogens with zero attached hydrogens (tertiary/aromatic N) is 1. The molecule has 0 aromatic carbocycles. The van der Waals surface area contributed by atoms with Crippen LogP contribution in [0.2, 0.25) is 0 Å². The highest BCUT2D eigenvalue weighted by Gasteiger charge is 2.23. The second-order valence-corrected chi connectivity index (χ2v) is 3.85. The minimum Gasteiger partial charge on any atom is -0.356 e. The molecule has 5 nitrogen and oxygen atoms in total. The minimum atomic E-state index is 0.0685. The Morgan fingerprint density at radius 2 is 2.13 bits per heavy atom. The second kappa shape index (κ2) is 6.40. The minimum absolute atomic E-state index is 0.0685. The molecule has 0 bridgehead atoms. The van der Waals surface area contributed by atoms with Crippen molar-refractivity contribution in [3.63, 3.8) is 0 Å². The molecule has 15 heavy (non-hydrogen) atoms. The van der Waals surface area contributed by atoms with Crippen LogP contribution in [0.1, 0.15) is 19.3 Å². The van der Waals surface area contributed by atoms with E-state index in [1.54, 1.807) is 4.90 Å². The number of rotatable bonds is 5. The molecule has 86 valence electrons. The van der Waals surface area contributed by atoms with Crippen LogP contribution in [0, 0.1) is 5.92 Å². The van der Waals surface area contributed by atoms with Crippen LogP contribution in [-0.4, -0.2) is 43.4 Å². The fraction of sp³-hybridized carbons (Fsp3) is 0.800. The van der Waals surface area contributed by atoms with Gasteiger partial charge < -0.3 is 16.0 Å². The Kier molecular flexibility index (Phi) is 5.10. The van der Waals surface area contributed by atoms with Crippen LogP contribution in [0.3, 0.4) is 0 Å². The largest absolute Gasteiger partial charge is 0.356 e. The number of carbonyl (C=O) groups is 2. The highest BCUT2D eigenvalue weighted by molar-refractivity contribution is 5.78. The number of likely N-dealkylation sites (tertiary alicyclic amines) is 1. The van der Waals surface area contributed by atoms with Crippen molar-refractivity contribution in [2.75, 3.05) is 26.2 Å². The maximum Gasteiger partial charge on any atom is 0.223 e. The summed E-state index contributed by atoms with van der Waals surface area (Å²) in [7, 11) is 0. The van der Waals surface area contributed by atoms with Gasteiger partial charge in [0.25, 0.3) is 0 Å². The number of piperidine rings is 1. The van der Waals surface area contributed by atoms with E-state index in [9.17, 15) is 9.59 Å². The maximum atomic E-state index is 11.6. The van der Waals surface area contributed by atoms with Crippen LogP contribution in [0.5, 0.6) is 0 Å². The lowest BCUT2D eigenvalue weighted by Gasteiger charge is -2.28. The second-order valence-electron chi connectivity index (χ2n) is 3.85. The Morgan fingerprint density at radius 3 is 2.67 bits per heavy atom. The van der Waals surface area contributed by atoms with Gasteiger partial charge in [-0.05, 0) is 25.8 Å². The van der Waals surface area contributed by atoms with Gasteiger partial charge in [-0.3, -0.25) is 9.59 Å². The Labute approximate surface area is 90.0 Å². The number of hydrogen-bond donors (Lipinski definition) is 2. The van der Waals surface area contributed by atoms with Crippen molar-refractivity contribution >= 4 is 12.3 Å². The summed E-state index contributed by atoms with van der Waals surface area (Å²) < 4.78 is 0. The van der Waals surface area contributed by atoms with Crippen LogP contribution in [-0.2, 0) is 9.59 Å². The van der Waals surface area contributed by atoms with Gasteiger partial charge in [-0.1, -0.05) is 0 Å². The van der Waals surface area contributed by atoms with E-state index >= 15 is 0 Å². The molecule has 1 saturated heterocycles. The monoisotopic (exact) mass is 213 g/mol. The Balaban J connectivity index is 2.21. The summed E-state index contributed by atoms with van der Waals surface area (Å²) in [6.07, 6.45) is 3.21. The predicted molar refractivity (Wildman–Crippen MR) is 57.0 cm³/mol. The highest BCUT2D eigenvalue weighted by Crippen LogP contribution is 2.15. The third kappa shape index (κ3) is 3.87. The molecule has 0 aliphatic carbocycles. The summed E-state index contributed by atoms with van der Waals surface area (Å²) in [6.45, 7) is 2.64. The summed E-state index contributed by atoms with van der Waals surface area (Å²) in [5.74, 6) is 0.174. The number of carbonyl (C=O) groups excluding carboxylic acids is 2. The van der Waals surface area contributed by atoms with E-state index in [-0.39, 0.29) is 11.8 Å². The fourth-order valence-corrected chi connectivity index (χ4v) is 1.73. The lowest BCUT2D eigenvalue weighted by atomic mass is 9.96. The molecule has 1 heterocycles. The average Bonchev–Trinajstić information content (AvgIpc) is 2.29. The molecule has 0 saturated carbocycles. The summed E-state index contributed by atoms with van der Waals surface area (Å²) in [5.41, 5.74) is 5.33. The van der Waals surface area contributed by atoms with E-state index < -0.39 is 0 Å². The average molecular weight is 213 g/mol. The molecule has 5 heteroatoms. The Bertz CT molecular complexity index is 213. The van der Waals surface area contributed by atoms with Crippen LogP contribution in [0.25, 0.3) is 0 Å². The highest BCUT2D eigenvalue weighted by atomic mass is 16.2.